The number of halogens is 1. The Balaban J connectivity index is 3.31. The standard InChI is InChI=1S/C7H5ClN2O4/c8-4-1-5(9-3-11)7(12)6(2-4)10(13)14/h1-3,12H,(H,9,11). The van der Waals surface area contributed by atoms with Gasteiger partial charge in [0.1, 0.15) is 0 Å². The summed E-state index contributed by atoms with van der Waals surface area (Å²) in [4.78, 5) is 19.7. The van der Waals surface area contributed by atoms with Crippen LogP contribution in [0.5, 0.6) is 5.75 Å². The number of aromatic hydroxyl groups is 1. The molecule has 14 heavy (non-hydrogen) atoms. The first-order valence-corrected chi connectivity index (χ1v) is 3.81. The second-order valence-corrected chi connectivity index (χ2v) is 2.78. The van der Waals surface area contributed by atoms with E-state index < -0.39 is 16.4 Å². The van der Waals surface area contributed by atoms with Crippen molar-refractivity contribution in [3.63, 3.8) is 0 Å². The lowest BCUT2D eigenvalue weighted by atomic mass is 10.2. The van der Waals surface area contributed by atoms with E-state index in [0.29, 0.717) is 0 Å². The molecule has 0 heterocycles. The minimum atomic E-state index is -0.794. The van der Waals surface area contributed by atoms with Crippen molar-refractivity contribution in [1.82, 2.24) is 0 Å². The van der Waals surface area contributed by atoms with Crippen molar-refractivity contribution in [2.24, 2.45) is 0 Å². The molecule has 0 bridgehead atoms. The summed E-state index contributed by atoms with van der Waals surface area (Å²) in [5.41, 5.74) is -0.652. The van der Waals surface area contributed by atoms with E-state index in [1.54, 1.807) is 0 Å². The normalized spacial score (nSPS) is 9.50. The predicted octanol–water partition coefficient (Wildman–Crippen LogP) is 1.52. The van der Waals surface area contributed by atoms with Crippen molar-refractivity contribution in [1.29, 1.82) is 0 Å². The zero-order chi connectivity index (χ0) is 10.7. The van der Waals surface area contributed by atoms with Crippen LogP contribution in [0, 0.1) is 10.1 Å². The van der Waals surface area contributed by atoms with Crippen molar-refractivity contribution in [2.75, 3.05) is 5.32 Å². The zero-order valence-electron chi connectivity index (χ0n) is 6.73. The topological polar surface area (TPSA) is 92.5 Å². The molecule has 1 rings (SSSR count). The van der Waals surface area contributed by atoms with Crippen molar-refractivity contribution >= 4 is 29.4 Å². The van der Waals surface area contributed by atoms with Crippen LogP contribution in [-0.4, -0.2) is 16.4 Å². The fourth-order valence-electron chi connectivity index (χ4n) is 0.898. The minimum absolute atomic E-state index is 0.0545. The summed E-state index contributed by atoms with van der Waals surface area (Å²) < 4.78 is 0. The molecule has 0 aliphatic heterocycles. The van der Waals surface area contributed by atoms with Gasteiger partial charge in [0.2, 0.25) is 12.2 Å². The first-order chi connectivity index (χ1) is 6.56. The van der Waals surface area contributed by atoms with Crippen LogP contribution in [0.3, 0.4) is 0 Å². The monoisotopic (exact) mass is 216 g/mol. The second kappa shape index (κ2) is 3.93. The van der Waals surface area contributed by atoms with E-state index in [4.69, 9.17) is 11.6 Å². The number of nitrogens with zero attached hydrogens (tertiary/aromatic N) is 1. The largest absolute Gasteiger partial charge is 0.501 e. The van der Waals surface area contributed by atoms with Crippen molar-refractivity contribution in [2.45, 2.75) is 0 Å². The van der Waals surface area contributed by atoms with Gasteiger partial charge in [0, 0.05) is 11.1 Å². The van der Waals surface area contributed by atoms with E-state index in [0.717, 1.165) is 6.07 Å². The number of phenolic OH excluding ortho intramolecular Hbond substituents is 1. The van der Waals surface area contributed by atoms with Crippen LogP contribution >= 0.6 is 11.6 Å². The Morgan fingerprint density at radius 1 is 1.57 bits per heavy atom. The lowest BCUT2D eigenvalue weighted by molar-refractivity contribution is -0.385. The Morgan fingerprint density at radius 2 is 2.21 bits per heavy atom. The summed E-state index contributed by atoms with van der Waals surface area (Å²) >= 11 is 5.53. The summed E-state index contributed by atoms with van der Waals surface area (Å²) in [6.45, 7) is 0. The number of nitro groups is 1. The van der Waals surface area contributed by atoms with Gasteiger partial charge in [-0.05, 0) is 6.07 Å². The molecule has 0 saturated heterocycles. The lowest BCUT2D eigenvalue weighted by Gasteiger charge is -2.03. The van der Waals surface area contributed by atoms with E-state index in [1.165, 1.54) is 6.07 Å². The van der Waals surface area contributed by atoms with E-state index in [9.17, 15) is 20.0 Å². The fraction of sp³-hybridized carbons (Fsp3) is 0. The molecule has 0 aliphatic rings. The molecule has 0 saturated carbocycles. The van der Waals surface area contributed by atoms with Gasteiger partial charge in [-0.25, -0.2) is 0 Å². The van der Waals surface area contributed by atoms with E-state index in [2.05, 4.69) is 5.32 Å². The summed E-state index contributed by atoms with van der Waals surface area (Å²) in [6.07, 6.45) is 0.287. The van der Waals surface area contributed by atoms with Crippen LogP contribution in [-0.2, 0) is 4.79 Å². The Morgan fingerprint density at radius 3 is 2.71 bits per heavy atom. The molecular formula is C7H5ClN2O4. The molecule has 0 unspecified atom stereocenters. The van der Waals surface area contributed by atoms with Crippen LogP contribution in [0.2, 0.25) is 5.02 Å². The molecule has 2 N–H and O–H groups in total. The summed E-state index contributed by atoms with van der Waals surface area (Å²) in [7, 11) is 0. The van der Waals surface area contributed by atoms with Crippen LogP contribution in [0.1, 0.15) is 0 Å². The third-order valence-corrected chi connectivity index (χ3v) is 1.68. The highest BCUT2D eigenvalue weighted by atomic mass is 35.5. The number of hydrogen-bond acceptors (Lipinski definition) is 4. The molecule has 6 nitrogen and oxygen atoms in total. The maximum atomic E-state index is 10.4. The summed E-state index contributed by atoms with van der Waals surface area (Å²) in [6, 6.07) is 2.20. The molecular weight excluding hydrogens is 212 g/mol. The predicted molar refractivity (Wildman–Crippen MR) is 49.5 cm³/mol. The highest BCUT2D eigenvalue weighted by Crippen LogP contribution is 2.36. The van der Waals surface area contributed by atoms with Gasteiger partial charge in [-0.15, -0.1) is 0 Å². The first kappa shape index (κ1) is 10.3. The molecule has 0 spiro atoms. The van der Waals surface area contributed by atoms with Gasteiger partial charge in [-0.3, -0.25) is 14.9 Å². The molecule has 1 aromatic carbocycles. The van der Waals surface area contributed by atoms with E-state index >= 15 is 0 Å². The van der Waals surface area contributed by atoms with Gasteiger partial charge in [-0.2, -0.15) is 0 Å². The Kier molecular flexibility index (Phi) is 2.88. The van der Waals surface area contributed by atoms with E-state index in [-0.39, 0.29) is 17.1 Å². The van der Waals surface area contributed by atoms with Crippen LogP contribution in [0.15, 0.2) is 12.1 Å². The number of benzene rings is 1. The Hall–Kier alpha value is -1.82. The molecule has 0 radical (unpaired) electrons. The molecule has 1 amide bonds. The van der Waals surface area contributed by atoms with Gasteiger partial charge in [0.25, 0.3) is 0 Å². The lowest BCUT2D eigenvalue weighted by Crippen LogP contribution is -1.97. The number of nitrogens with one attached hydrogen (secondary N) is 1. The Labute approximate surface area is 83.3 Å². The molecule has 1 aromatic rings. The van der Waals surface area contributed by atoms with Gasteiger partial charge < -0.3 is 10.4 Å². The van der Waals surface area contributed by atoms with Crippen molar-refractivity contribution in [3.05, 3.63) is 27.3 Å². The smallest absolute Gasteiger partial charge is 0.314 e. The average Bonchev–Trinajstić information content (AvgIpc) is 2.10. The molecule has 0 fully saturated rings. The third kappa shape index (κ3) is 1.91. The molecule has 0 aliphatic carbocycles. The number of carbonyl (C=O) groups excluding carboxylic acids is 1. The average molecular weight is 217 g/mol. The molecule has 74 valence electrons. The first-order valence-electron chi connectivity index (χ1n) is 3.43. The minimum Gasteiger partial charge on any atom is -0.501 e. The zero-order valence-corrected chi connectivity index (χ0v) is 7.49. The van der Waals surface area contributed by atoms with Crippen LogP contribution in [0.25, 0.3) is 0 Å². The third-order valence-electron chi connectivity index (χ3n) is 1.47. The number of nitro benzene ring substituents is 1. The van der Waals surface area contributed by atoms with Crippen LogP contribution in [0.4, 0.5) is 11.4 Å². The number of anilines is 1. The number of phenols is 1. The number of rotatable bonds is 3. The second-order valence-electron chi connectivity index (χ2n) is 2.34. The number of amides is 1. The van der Waals surface area contributed by atoms with Crippen molar-refractivity contribution in [3.8, 4) is 5.75 Å². The fourth-order valence-corrected chi connectivity index (χ4v) is 1.11. The highest BCUT2D eigenvalue weighted by molar-refractivity contribution is 6.31. The van der Waals surface area contributed by atoms with Gasteiger partial charge in [0.05, 0.1) is 10.6 Å². The maximum Gasteiger partial charge on any atom is 0.314 e. The molecule has 0 aromatic heterocycles. The molecule has 0 atom stereocenters. The van der Waals surface area contributed by atoms with E-state index in [1.807, 2.05) is 0 Å². The summed E-state index contributed by atoms with van der Waals surface area (Å²) in [5, 5.41) is 21.8. The molecule has 7 heteroatoms. The quantitative estimate of drug-likeness (QED) is 0.347. The maximum absolute atomic E-state index is 10.4. The van der Waals surface area contributed by atoms with Crippen molar-refractivity contribution < 1.29 is 14.8 Å². The Bertz CT molecular complexity index is 394. The SMILES string of the molecule is O=CNc1cc(Cl)cc([N+](=O)[O-])c1O. The summed E-state index contributed by atoms with van der Waals surface area (Å²) in [5.74, 6) is -0.619. The number of carbonyl (C=O) groups is 1. The number of hydrogen-bond donors (Lipinski definition) is 2. The van der Waals surface area contributed by atoms with Gasteiger partial charge in [-0.1, -0.05) is 11.6 Å². The van der Waals surface area contributed by atoms with Gasteiger partial charge >= 0.3 is 5.69 Å². The van der Waals surface area contributed by atoms with Crippen LogP contribution < -0.4 is 5.32 Å². The highest BCUT2D eigenvalue weighted by Gasteiger charge is 2.18. The van der Waals surface area contributed by atoms with Gasteiger partial charge in [0.15, 0.2) is 0 Å².